The number of carbonyl (C=O) groups is 2. The van der Waals surface area contributed by atoms with Gasteiger partial charge in [0.15, 0.2) is 0 Å². The molecule has 1 aliphatic rings. The Morgan fingerprint density at radius 3 is 2.35 bits per heavy atom. The molecule has 0 saturated carbocycles. The number of thioether (sulfide) groups is 1. The molecule has 1 aromatic heterocycles. The molecule has 31 heavy (non-hydrogen) atoms. The number of imide groups is 1. The number of amides is 2. The molecule has 0 atom stereocenters. The van der Waals surface area contributed by atoms with Gasteiger partial charge in [-0.25, -0.2) is 0 Å². The molecule has 0 aliphatic carbocycles. The minimum atomic E-state index is -0.263. The molecule has 2 amide bonds. The smallest absolute Gasteiger partial charge is 0.293 e. The highest BCUT2D eigenvalue weighted by Crippen LogP contribution is 2.35. The zero-order valence-corrected chi connectivity index (χ0v) is 19.5. The number of rotatable bonds is 4. The second-order valence-electron chi connectivity index (χ2n) is 7.85. The SMILES string of the molecule is Cc1ccc(-n2c(C)cc(/C=C3\SC(=O)N(Cc4ccc(Cl)cc4)C3=O)c2C)c(C)c1. The van der Waals surface area contributed by atoms with Crippen LogP contribution < -0.4 is 0 Å². The molecule has 0 bridgehead atoms. The first-order valence-electron chi connectivity index (χ1n) is 10.0. The number of hydrogen-bond acceptors (Lipinski definition) is 3. The van der Waals surface area contributed by atoms with Gasteiger partial charge in [-0.2, -0.15) is 0 Å². The van der Waals surface area contributed by atoms with E-state index in [9.17, 15) is 9.59 Å². The zero-order chi connectivity index (χ0) is 22.3. The molecule has 1 aliphatic heterocycles. The van der Waals surface area contributed by atoms with Crippen molar-refractivity contribution in [1.82, 2.24) is 9.47 Å². The number of halogens is 1. The van der Waals surface area contributed by atoms with Crippen molar-refractivity contribution < 1.29 is 9.59 Å². The quantitative estimate of drug-likeness (QED) is 0.420. The highest BCUT2D eigenvalue weighted by molar-refractivity contribution is 8.18. The van der Waals surface area contributed by atoms with E-state index in [0.717, 1.165) is 40.0 Å². The lowest BCUT2D eigenvalue weighted by Gasteiger charge is -2.13. The van der Waals surface area contributed by atoms with E-state index in [-0.39, 0.29) is 17.7 Å². The molecule has 2 heterocycles. The first kappa shape index (κ1) is 21.5. The van der Waals surface area contributed by atoms with Crippen molar-refractivity contribution in [2.75, 3.05) is 0 Å². The van der Waals surface area contributed by atoms with E-state index in [4.69, 9.17) is 11.6 Å². The summed E-state index contributed by atoms with van der Waals surface area (Å²) in [4.78, 5) is 27.2. The van der Waals surface area contributed by atoms with Gasteiger partial charge in [-0.1, -0.05) is 41.4 Å². The molecule has 0 radical (unpaired) electrons. The normalized spacial score (nSPS) is 15.4. The van der Waals surface area contributed by atoms with Gasteiger partial charge in [0.2, 0.25) is 0 Å². The molecule has 4 rings (SSSR count). The van der Waals surface area contributed by atoms with Crippen molar-refractivity contribution >= 4 is 40.6 Å². The van der Waals surface area contributed by atoms with Crippen LogP contribution in [0, 0.1) is 27.7 Å². The van der Waals surface area contributed by atoms with Crippen LogP contribution in [0.5, 0.6) is 0 Å². The maximum Gasteiger partial charge on any atom is 0.293 e. The summed E-state index contributed by atoms with van der Waals surface area (Å²) < 4.78 is 2.19. The summed E-state index contributed by atoms with van der Waals surface area (Å²) in [5.41, 5.74) is 7.45. The van der Waals surface area contributed by atoms with Crippen LogP contribution in [0.1, 0.15) is 33.6 Å². The Morgan fingerprint density at radius 1 is 0.968 bits per heavy atom. The molecule has 0 spiro atoms. The van der Waals surface area contributed by atoms with Crippen LogP contribution >= 0.6 is 23.4 Å². The number of nitrogens with zero attached hydrogens (tertiary/aromatic N) is 2. The topological polar surface area (TPSA) is 42.3 Å². The summed E-state index contributed by atoms with van der Waals surface area (Å²) in [5.74, 6) is -0.263. The molecule has 0 N–H and O–H groups in total. The van der Waals surface area contributed by atoms with Crippen molar-refractivity contribution in [3.05, 3.63) is 92.1 Å². The first-order valence-corrected chi connectivity index (χ1v) is 11.2. The van der Waals surface area contributed by atoms with Crippen molar-refractivity contribution in [3.63, 3.8) is 0 Å². The third-order valence-electron chi connectivity index (χ3n) is 5.48. The Hall–Kier alpha value is -2.76. The average molecular weight is 451 g/mol. The van der Waals surface area contributed by atoms with Crippen LogP contribution in [0.2, 0.25) is 5.02 Å². The van der Waals surface area contributed by atoms with E-state index in [1.54, 1.807) is 12.1 Å². The van der Waals surface area contributed by atoms with Gasteiger partial charge in [0.1, 0.15) is 0 Å². The molecule has 1 saturated heterocycles. The second-order valence-corrected chi connectivity index (χ2v) is 9.28. The predicted molar refractivity (Wildman–Crippen MR) is 128 cm³/mol. The minimum Gasteiger partial charge on any atom is -0.318 e. The van der Waals surface area contributed by atoms with Gasteiger partial charge >= 0.3 is 0 Å². The fourth-order valence-electron chi connectivity index (χ4n) is 3.91. The van der Waals surface area contributed by atoms with Crippen LogP contribution in [0.15, 0.2) is 53.4 Å². The molecule has 2 aromatic carbocycles. The van der Waals surface area contributed by atoms with E-state index in [1.165, 1.54) is 16.0 Å². The standard InChI is InChI=1S/C25H23ClN2O2S/c1-15-5-10-22(16(2)11-15)28-17(3)12-20(18(28)4)13-23-24(29)27(25(30)31-23)14-19-6-8-21(26)9-7-19/h5-13H,14H2,1-4H3/b23-13-. The second kappa shape index (κ2) is 8.40. The van der Waals surface area contributed by atoms with E-state index in [2.05, 4.69) is 49.6 Å². The molecular formula is C25H23ClN2O2S. The third-order valence-corrected chi connectivity index (χ3v) is 6.64. The monoisotopic (exact) mass is 450 g/mol. The fourth-order valence-corrected chi connectivity index (χ4v) is 4.87. The summed E-state index contributed by atoms with van der Waals surface area (Å²) in [6, 6.07) is 15.6. The predicted octanol–water partition coefficient (Wildman–Crippen LogP) is 6.60. The number of carbonyl (C=O) groups excluding carboxylic acids is 2. The summed E-state index contributed by atoms with van der Waals surface area (Å²) in [5, 5.41) is 0.367. The van der Waals surface area contributed by atoms with E-state index < -0.39 is 0 Å². The molecule has 6 heteroatoms. The summed E-state index contributed by atoms with van der Waals surface area (Å²) in [6.07, 6.45) is 1.83. The van der Waals surface area contributed by atoms with Crippen LogP contribution in [-0.2, 0) is 11.3 Å². The Labute approximate surface area is 191 Å². The highest BCUT2D eigenvalue weighted by Gasteiger charge is 2.35. The van der Waals surface area contributed by atoms with E-state index in [1.807, 2.05) is 25.1 Å². The number of benzene rings is 2. The minimum absolute atomic E-state index is 0.237. The van der Waals surface area contributed by atoms with Crippen LogP contribution in [-0.4, -0.2) is 20.6 Å². The maximum absolute atomic E-state index is 12.9. The molecule has 4 nitrogen and oxygen atoms in total. The molecule has 0 unspecified atom stereocenters. The van der Waals surface area contributed by atoms with Crippen LogP contribution in [0.4, 0.5) is 4.79 Å². The summed E-state index contributed by atoms with van der Waals surface area (Å²) in [6.45, 7) is 8.51. The molecule has 158 valence electrons. The van der Waals surface area contributed by atoms with Crippen molar-refractivity contribution in [2.45, 2.75) is 34.2 Å². The van der Waals surface area contributed by atoms with Crippen LogP contribution in [0.3, 0.4) is 0 Å². The Kier molecular flexibility index (Phi) is 5.82. The van der Waals surface area contributed by atoms with Gasteiger partial charge in [0.25, 0.3) is 11.1 Å². The number of hydrogen-bond donors (Lipinski definition) is 0. The lowest BCUT2D eigenvalue weighted by Crippen LogP contribution is -2.27. The Balaban J connectivity index is 1.64. The Morgan fingerprint density at radius 2 is 1.68 bits per heavy atom. The average Bonchev–Trinajstić information content (AvgIpc) is 3.14. The maximum atomic E-state index is 12.9. The van der Waals surface area contributed by atoms with E-state index >= 15 is 0 Å². The van der Waals surface area contributed by atoms with Crippen molar-refractivity contribution in [2.24, 2.45) is 0 Å². The lowest BCUT2D eigenvalue weighted by molar-refractivity contribution is -0.123. The van der Waals surface area contributed by atoms with Gasteiger partial charge in [-0.15, -0.1) is 0 Å². The Bertz CT molecular complexity index is 1230. The number of aryl methyl sites for hydroxylation is 3. The molecule has 3 aromatic rings. The first-order chi connectivity index (χ1) is 14.7. The lowest BCUT2D eigenvalue weighted by atomic mass is 10.1. The summed E-state index contributed by atoms with van der Waals surface area (Å²) >= 11 is 6.91. The van der Waals surface area contributed by atoms with Crippen LogP contribution in [0.25, 0.3) is 11.8 Å². The molecular weight excluding hydrogens is 428 g/mol. The fraction of sp³-hybridized carbons (Fsp3) is 0.200. The van der Waals surface area contributed by atoms with Gasteiger partial charge in [-0.3, -0.25) is 14.5 Å². The number of aromatic nitrogens is 1. The zero-order valence-electron chi connectivity index (χ0n) is 17.9. The third kappa shape index (κ3) is 4.21. The van der Waals surface area contributed by atoms with Gasteiger partial charge in [-0.05, 0) is 86.5 Å². The van der Waals surface area contributed by atoms with Gasteiger partial charge < -0.3 is 4.57 Å². The molecule has 1 fully saturated rings. The van der Waals surface area contributed by atoms with Gasteiger partial charge in [0.05, 0.1) is 11.4 Å². The van der Waals surface area contributed by atoms with Gasteiger partial charge in [0, 0.05) is 22.1 Å². The summed E-state index contributed by atoms with van der Waals surface area (Å²) in [7, 11) is 0. The van der Waals surface area contributed by atoms with Crippen molar-refractivity contribution in [3.8, 4) is 5.69 Å². The highest BCUT2D eigenvalue weighted by atomic mass is 35.5. The van der Waals surface area contributed by atoms with E-state index in [0.29, 0.717) is 9.93 Å². The van der Waals surface area contributed by atoms with Crippen molar-refractivity contribution in [1.29, 1.82) is 0 Å². The largest absolute Gasteiger partial charge is 0.318 e.